The molecule has 1 aliphatic rings. The molecule has 0 aromatic carbocycles. The number of aliphatic hydroxyl groups is 1. The molecule has 1 saturated carbocycles. The highest BCUT2D eigenvalue weighted by molar-refractivity contribution is 5.79. The number of pyridine rings is 1. The maximum Gasteiger partial charge on any atom is 0.252 e. The van der Waals surface area contributed by atoms with Gasteiger partial charge in [0.05, 0.1) is 12.6 Å². The van der Waals surface area contributed by atoms with Gasteiger partial charge in [-0.3, -0.25) is 20.5 Å². The summed E-state index contributed by atoms with van der Waals surface area (Å²) in [6, 6.07) is 5.50. The summed E-state index contributed by atoms with van der Waals surface area (Å²) in [5.74, 6) is 0.456. The number of aliphatic hydroxyl groups excluding tert-OH is 1. The molecule has 1 aromatic heterocycles. The third kappa shape index (κ3) is 4.18. The quantitative estimate of drug-likeness (QED) is 0.693. The van der Waals surface area contributed by atoms with Gasteiger partial charge in [-0.25, -0.2) is 4.98 Å². The summed E-state index contributed by atoms with van der Waals surface area (Å²) in [6.45, 7) is 0.252. The fourth-order valence-corrected chi connectivity index (χ4v) is 2.56. The number of carbonyl (C=O) groups is 1. The fraction of sp³-hybridized carbons (Fsp3) is 0.571. The monoisotopic (exact) mass is 278 g/mol. The van der Waals surface area contributed by atoms with E-state index in [2.05, 4.69) is 15.8 Å². The highest BCUT2D eigenvalue weighted by Crippen LogP contribution is 2.21. The second kappa shape index (κ2) is 7.21. The van der Waals surface area contributed by atoms with E-state index in [-0.39, 0.29) is 24.6 Å². The maximum atomic E-state index is 11.9. The lowest BCUT2D eigenvalue weighted by Crippen LogP contribution is -2.48. The van der Waals surface area contributed by atoms with Crippen LogP contribution in [0.15, 0.2) is 24.4 Å². The molecule has 2 unspecified atom stereocenters. The maximum absolute atomic E-state index is 11.9. The van der Waals surface area contributed by atoms with Crippen molar-refractivity contribution in [1.82, 2.24) is 15.3 Å². The van der Waals surface area contributed by atoms with E-state index in [1.54, 1.807) is 12.3 Å². The van der Waals surface area contributed by atoms with Crippen molar-refractivity contribution >= 4 is 11.7 Å². The summed E-state index contributed by atoms with van der Waals surface area (Å²) in [6.07, 6.45) is 5.27. The van der Waals surface area contributed by atoms with E-state index in [4.69, 9.17) is 0 Å². The standard InChI is InChI=1S/C14H22N4O2/c1-18(11-6-2-3-7-12(11)19)10-14(20)17-16-13-8-4-5-9-15-13/h4-5,8-9,11-12,19H,2-3,6-7,10H2,1H3,(H,15,16)(H,17,20). The molecule has 1 amide bonds. The minimum absolute atomic E-state index is 0.0735. The molecule has 1 aliphatic carbocycles. The summed E-state index contributed by atoms with van der Waals surface area (Å²) in [5, 5.41) is 9.96. The number of nitrogens with one attached hydrogen (secondary N) is 2. The summed E-state index contributed by atoms with van der Waals surface area (Å²) in [4.78, 5) is 17.8. The molecule has 110 valence electrons. The molecule has 0 bridgehead atoms. The first-order chi connectivity index (χ1) is 9.66. The van der Waals surface area contributed by atoms with Gasteiger partial charge in [0, 0.05) is 12.2 Å². The molecule has 1 heterocycles. The van der Waals surface area contributed by atoms with E-state index in [0.717, 1.165) is 25.7 Å². The van der Waals surface area contributed by atoms with Crippen molar-refractivity contribution in [2.24, 2.45) is 0 Å². The van der Waals surface area contributed by atoms with Crippen molar-refractivity contribution in [3.8, 4) is 0 Å². The Bertz CT molecular complexity index is 426. The molecule has 0 spiro atoms. The number of carbonyl (C=O) groups excluding carboxylic acids is 1. The molecular formula is C14H22N4O2. The molecule has 3 N–H and O–H groups in total. The van der Waals surface area contributed by atoms with Crippen LogP contribution in [0.5, 0.6) is 0 Å². The average molecular weight is 278 g/mol. The Morgan fingerprint density at radius 3 is 2.95 bits per heavy atom. The molecule has 1 aromatic rings. The number of anilines is 1. The molecule has 6 nitrogen and oxygen atoms in total. The van der Waals surface area contributed by atoms with E-state index < -0.39 is 0 Å². The Kier molecular flexibility index (Phi) is 5.31. The van der Waals surface area contributed by atoms with Crippen LogP contribution in [-0.4, -0.2) is 46.6 Å². The van der Waals surface area contributed by atoms with Crippen LogP contribution in [-0.2, 0) is 4.79 Å². The van der Waals surface area contributed by atoms with Gasteiger partial charge in [-0.15, -0.1) is 0 Å². The number of rotatable bonds is 5. The summed E-state index contributed by atoms with van der Waals surface area (Å²) < 4.78 is 0. The Labute approximate surface area is 119 Å². The first-order valence-corrected chi connectivity index (χ1v) is 7.01. The number of nitrogens with zero attached hydrogens (tertiary/aromatic N) is 2. The molecule has 0 aliphatic heterocycles. The summed E-state index contributed by atoms with van der Waals surface area (Å²) in [5.41, 5.74) is 5.37. The van der Waals surface area contributed by atoms with Crippen LogP contribution in [0.4, 0.5) is 5.82 Å². The lowest BCUT2D eigenvalue weighted by Gasteiger charge is -2.34. The van der Waals surface area contributed by atoms with Gasteiger partial charge in [0.1, 0.15) is 5.82 Å². The fourth-order valence-electron chi connectivity index (χ4n) is 2.56. The second-order valence-corrected chi connectivity index (χ2v) is 5.22. The van der Waals surface area contributed by atoms with E-state index in [9.17, 15) is 9.90 Å². The average Bonchev–Trinajstić information content (AvgIpc) is 2.46. The van der Waals surface area contributed by atoms with Gasteiger partial charge in [-0.1, -0.05) is 18.9 Å². The topological polar surface area (TPSA) is 77.5 Å². The summed E-state index contributed by atoms with van der Waals surface area (Å²) in [7, 11) is 1.87. The summed E-state index contributed by atoms with van der Waals surface area (Å²) >= 11 is 0. The Balaban J connectivity index is 1.76. The molecule has 0 saturated heterocycles. The van der Waals surface area contributed by atoms with E-state index in [0.29, 0.717) is 5.82 Å². The number of aromatic nitrogens is 1. The van der Waals surface area contributed by atoms with Crippen molar-refractivity contribution in [1.29, 1.82) is 0 Å². The lowest BCUT2D eigenvalue weighted by molar-refractivity contribution is -0.122. The van der Waals surface area contributed by atoms with Gasteiger partial charge in [0.2, 0.25) is 0 Å². The Hall–Kier alpha value is -1.66. The van der Waals surface area contributed by atoms with E-state index >= 15 is 0 Å². The first-order valence-electron chi connectivity index (χ1n) is 7.01. The van der Waals surface area contributed by atoms with Crippen molar-refractivity contribution in [2.75, 3.05) is 19.0 Å². The van der Waals surface area contributed by atoms with E-state index in [1.807, 2.05) is 24.1 Å². The van der Waals surface area contributed by atoms with Crippen LogP contribution in [0, 0.1) is 0 Å². The molecule has 2 rings (SSSR count). The van der Waals surface area contributed by atoms with Gasteiger partial charge in [-0.2, -0.15) is 0 Å². The Morgan fingerprint density at radius 1 is 1.45 bits per heavy atom. The molecule has 6 heteroatoms. The van der Waals surface area contributed by atoms with Crippen LogP contribution >= 0.6 is 0 Å². The van der Waals surface area contributed by atoms with Gasteiger partial charge in [0.25, 0.3) is 5.91 Å². The SMILES string of the molecule is CN(CC(=O)NNc1ccccn1)C1CCCCC1O. The van der Waals surface area contributed by atoms with Crippen LogP contribution in [0.1, 0.15) is 25.7 Å². The number of hydrazine groups is 1. The van der Waals surface area contributed by atoms with Crippen molar-refractivity contribution in [2.45, 2.75) is 37.8 Å². The van der Waals surface area contributed by atoms with Gasteiger partial charge >= 0.3 is 0 Å². The zero-order valence-electron chi connectivity index (χ0n) is 11.7. The third-order valence-electron chi connectivity index (χ3n) is 3.65. The molecule has 2 atom stereocenters. The zero-order valence-corrected chi connectivity index (χ0v) is 11.7. The van der Waals surface area contributed by atoms with Gasteiger partial charge in [-0.05, 0) is 32.0 Å². The number of hydrogen-bond donors (Lipinski definition) is 3. The molecule has 20 heavy (non-hydrogen) atoms. The predicted molar refractivity (Wildman–Crippen MR) is 76.9 cm³/mol. The number of amides is 1. The van der Waals surface area contributed by atoms with Crippen molar-refractivity contribution in [3.05, 3.63) is 24.4 Å². The van der Waals surface area contributed by atoms with Crippen molar-refractivity contribution < 1.29 is 9.90 Å². The van der Waals surface area contributed by atoms with Crippen LogP contribution in [0.3, 0.4) is 0 Å². The second-order valence-electron chi connectivity index (χ2n) is 5.22. The highest BCUT2D eigenvalue weighted by Gasteiger charge is 2.27. The van der Waals surface area contributed by atoms with Crippen LogP contribution < -0.4 is 10.9 Å². The molecule has 0 radical (unpaired) electrons. The van der Waals surface area contributed by atoms with Gasteiger partial charge in [0.15, 0.2) is 0 Å². The molecular weight excluding hydrogens is 256 g/mol. The minimum Gasteiger partial charge on any atom is -0.391 e. The first kappa shape index (κ1) is 14.7. The smallest absolute Gasteiger partial charge is 0.252 e. The zero-order chi connectivity index (χ0) is 14.4. The lowest BCUT2D eigenvalue weighted by atomic mass is 9.91. The Morgan fingerprint density at radius 2 is 2.25 bits per heavy atom. The third-order valence-corrected chi connectivity index (χ3v) is 3.65. The molecule has 1 fully saturated rings. The number of likely N-dealkylation sites (N-methyl/N-ethyl adjacent to an activating group) is 1. The normalized spacial score (nSPS) is 22.6. The minimum atomic E-state index is -0.328. The predicted octanol–water partition coefficient (Wildman–Crippen LogP) is 0.760. The largest absolute Gasteiger partial charge is 0.391 e. The number of hydrogen-bond acceptors (Lipinski definition) is 5. The highest BCUT2D eigenvalue weighted by atomic mass is 16.3. The van der Waals surface area contributed by atoms with E-state index in [1.165, 1.54) is 0 Å². The van der Waals surface area contributed by atoms with Crippen LogP contribution in [0.2, 0.25) is 0 Å². The van der Waals surface area contributed by atoms with Crippen LogP contribution in [0.25, 0.3) is 0 Å². The van der Waals surface area contributed by atoms with Gasteiger partial charge < -0.3 is 5.11 Å². The van der Waals surface area contributed by atoms with Crippen molar-refractivity contribution in [3.63, 3.8) is 0 Å².